The van der Waals surface area contributed by atoms with Crippen molar-refractivity contribution in [2.75, 3.05) is 6.61 Å². The second-order valence-corrected chi connectivity index (χ2v) is 10.2. The first-order valence-electron chi connectivity index (χ1n) is 14.0. The van der Waals surface area contributed by atoms with Crippen LogP contribution in [-0.4, -0.2) is 22.7 Å². The molecule has 0 aliphatic carbocycles. The van der Waals surface area contributed by atoms with Gasteiger partial charge in [0.2, 0.25) is 5.89 Å². The summed E-state index contributed by atoms with van der Waals surface area (Å²) in [6.45, 7) is 2.21. The van der Waals surface area contributed by atoms with Crippen LogP contribution >= 0.6 is 0 Å². The SMILES string of the molecule is Cc1oc(-c2cccc(-c3ccccc3)c2)nc1CCOc1ccc(CCC(=O)O)c(COc2ccc(C(F)(F)F)cc2)c1. The number of carbonyl (C=O) groups is 1. The Morgan fingerprint density at radius 1 is 0.795 bits per heavy atom. The Bertz CT molecular complexity index is 1710. The van der Waals surface area contributed by atoms with E-state index in [1.54, 1.807) is 18.2 Å². The third kappa shape index (κ3) is 7.86. The monoisotopic (exact) mass is 601 g/mol. The van der Waals surface area contributed by atoms with Crippen molar-refractivity contribution in [1.82, 2.24) is 4.98 Å². The first-order valence-corrected chi connectivity index (χ1v) is 14.0. The van der Waals surface area contributed by atoms with E-state index in [-0.39, 0.29) is 25.2 Å². The Labute approximate surface area is 252 Å². The van der Waals surface area contributed by atoms with Gasteiger partial charge in [-0.2, -0.15) is 13.2 Å². The van der Waals surface area contributed by atoms with Gasteiger partial charge in [0.1, 0.15) is 23.9 Å². The number of halogens is 3. The number of aryl methyl sites for hydroxylation is 2. The molecule has 5 rings (SSSR count). The quantitative estimate of drug-likeness (QED) is 0.154. The number of carboxylic acids is 1. The van der Waals surface area contributed by atoms with E-state index < -0.39 is 17.7 Å². The number of aliphatic carboxylic acids is 1. The largest absolute Gasteiger partial charge is 0.493 e. The van der Waals surface area contributed by atoms with E-state index in [4.69, 9.17) is 24.0 Å². The maximum Gasteiger partial charge on any atom is 0.416 e. The van der Waals surface area contributed by atoms with Gasteiger partial charge in [0.05, 0.1) is 17.9 Å². The topological polar surface area (TPSA) is 81.8 Å². The third-order valence-electron chi connectivity index (χ3n) is 7.08. The molecule has 9 heteroatoms. The molecule has 0 aliphatic heterocycles. The van der Waals surface area contributed by atoms with Crippen LogP contribution in [0, 0.1) is 6.92 Å². The fourth-order valence-electron chi connectivity index (χ4n) is 4.72. The predicted molar refractivity (Wildman–Crippen MR) is 159 cm³/mol. The van der Waals surface area contributed by atoms with Crippen molar-refractivity contribution in [1.29, 1.82) is 0 Å². The number of alkyl halides is 3. The molecule has 1 aromatic heterocycles. The van der Waals surface area contributed by atoms with Crippen LogP contribution in [0.4, 0.5) is 13.2 Å². The molecule has 0 saturated carbocycles. The van der Waals surface area contributed by atoms with Gasteiger partial charge in [0.25, 0.3) is 0 Å². The summed E-state index contributed by atoms with van der Waals surface area (Å²) in [6, 6.07) is 27.8. The zero-order valence-electron chi connectivity index (χ0n) is 23.9. The molecule has 0 radical (unpaired) electrons. The standard InChI is InChI=1S/C35H30F3NO5/c1-23-32(39-34(44-23)27-9-5-8-26(20-27)24-6-3-2-4-7-24)18-19-42-31-14-10-25(11-17-33(40)41)28(21-31)22-43-30-15-12-29(13-16-30)35(36,37)38/h2-10,12-16,20-21H,11,17-19,22H2,1H3,(H,40,41). The molecule has 0 spiro atoms. The van der Waals surface area contributed by atoms with Crippen LogP contribution in [0.3, 0.4) is 0 Å². The fourth-order valence-corrected chi connectivity index (χ4v) is 4.72. The Morgan fingerprint density at radius 3 is 2.23 bits per heavy atom. The van der Waals surface area contributed by atoms with E-state index in [1.807, 2.05) is 61.5 Å². The van der Waals surface area contributed by atoms with Gasteiger partial charge in [0, 0.05) is 18.4 Å². The molecule has 0 saturated heterocycles. The Kier molecular flexibility index (Phi) is 9.33. The molecule has 1 heterocycles. The Balaban J connectivity index is 1.24. The second kappa shape index (κ2) is 13.5. The van der Waals surface area contributed by atoms with E-state index in [9.17, 15) is 18.0 Å². The van der Waals surface area contributed by atoms with Gasteiger partial charge in [-0.1, -0.05) is 48.5 Å². The molecule has 226 valence electrons. The lowest BCUT2D eigenvalue weighted by atomic mass is 10.0. The number of oxazole rings is 1. The highest BCUT2D eigenvalue weighted by atomic mass is 19.4. The number of hydrogen-bond acceptors (Lipinski definition) is 5. The van der Waals surface area contributed by atoms with Gasteiger partial charge in [0.15, 0.2) is 0 Å². The molecule has 0 unspecified atom stereocenters. The van der Waals surface area contributed by atoms with Crippen molar-refractivity contribution >= 4 is 5.97 Å². The number of ether oxygens (including phenoxy) is 2. The van der Waals surface area contributed by atoms with E-state index >= 15 is 0 Å². The van der Waals surface area contributed by atoms with Crippen LogP contribution in [-0.2, 0) is 30.4 Å². The predicted octanol–water partition coefficient (Wildman–Crippen LogP) is 8.55. The lowest BCUT2D eigenvalue weighted by Gasteiger charge is -2.14. The maximum absolute atomic E-state index is 12.9. The van der Waals surface area contributed by atoms with Gasteiger partial charge in [-0.15, -0.1) is 0 Å². The smallest absolute Gasteiger partial charge is 0.416 e. The molecule has 0 amide bonds. The van der Waals surface area contributed by atoms with Gasteiger partial charge in [-0.25, -0.2) is 4.98 Å². The number of aromatic nitrogens is 1. The summed E-state index contributed by atoms with van der Waals surface area (Å²) in [6.07, 6.45) is -3.75. The first kappa shape index (κ1) is 30.4. The molecule has 44 heavy (non-hydrogen) atoms. The van der Waals surface area contributed by atoms with Crippen LogP contribution in [0.2, 0.25) is 0 Å². The number of hydrogen-bond donors (Lipinski definition) is 1. The number of rotatable bonds is 12. The highest BCUT2D eigenvalue weighted by Crippen LogP contribution is 2.31. The lowest BCUT2D eigenvalue weighted by molar-refractivity contribution is -0.138. The summed E-state index contributed by atoms with van der Waals surface area (Å²) in [5.74, 6) is 1.10. The van der Waals surface area contributed by atoms with Gasteiger partial charge in [-0.3, -0.25) is 4.79 Å². The summed E-state index contributed by atoms with van der Waals surface area (Å²) < 4.78 is 56.4. The molecule has 0 bridgehead atoms. The minimum atomic E-state index is -4.44. The molecule has 6 nitrogen and oxygen atoms in total. The van der Waals surface area contributed by atoms with E-state index in [1.165, 1.54) is 12.1 Å². The number of benzene rings is 4. The third-order valence-corrected chi connectivity index (χ3v) is 7.08. The van der Waals surface area contributed by atoms with E-state index in [0.717, 1.165) is 40.1 Å². The Morgan fingerprint density at radius 2 is 1.50 bits per heavy atom. The summed E-state index contributed by atoms with van der Waals surface area (Å²) >= 11 is 0. The molecule has 0 aliphatic rings. The van der Waals surface area contributed by atoms with Crippen LogP contribution in [0.5, 0.6) is 11.5 Å². The van der Waals surface area contributed by atoms with Crippen molar-refractivity contribution in [2.24, 2.45) is 0 Å². The second-order valence-electron chi connectivity index (χ2n) is 10.2. The molecule has 0 atom stereocenters. The minimum absolute atomic E-state index is 0.0331. The average Bonchev–Trinajstić information content (AvgIpc) is 3.39. The lowest BCUT2D eigenvalue weighted by Crippen LogP contribution is -2.07. The first-order chi connectivity index (χ1) is 21.2. The molecular formula is C35H30F3NO5. The van der Waals surface area contributed by atoms with Gasteiger partial charge in [-0.05, 0) is 84.1 Å². The van der Waals surface area contributed by atoms with Crippen molar-refractivity contribution in [2.45, 2.75) is 39.0 Å². The number of carboxylic acid groups (broad SMARTS) is 1. The van der Waals surface area contributed by atoms with Crippen molar-refractivity contribution in [3.8, 4) is 34.1 Å². The van der Waals surface area contributed by atoms with Crippen molar-refractivity contribution < 1.29 is 37.0 Å². The van der Waals surface area contributed by atoms with Gasteiger partial charge >= 0.3 is 12.1 Å². The minimum Gasteiger partial charge on any atom is -0.493 e. The zero-order valence-corrected chi connectivity index (χ0v) is 23.9. The summed E-state index contributed by atoms with van der Waals surface area (Å²) in [4.78, 5) is 15.9. The summed E-state index contributed by atoms with van der Waals surface area (Å²) in [5, 5.41) is 9.15. The van der Waals surface area contributed by atoms with Crippen LogP contribution in [0.1, 0.15) is 34.6 Å². The maximum atomic E-state index is 12.9. The van der Waals surface area contributed by atoms with Crippen molar-refractivity contribution in [3.05, 3.63) is 125 Å². The van der Waals surface area contributed by atoms with E-state index in [0.29, 0.717) is 36.0 Å². The van der Waals surface area contributed by atoms with Gasteiger partial charge < -0.3 is 19.0 Å². The van der Waals surface area contributed by atoms with Crippen LogP contribution in [0.25, 0.3) is 22.6 Å². The van der Waals surface area contributed by atoms with Crippen molar-refractivity contribution in [3.63, 3.8) is 0 Å². The fraction of sp³-hybridized carbons (Fsp3) is 0.200. The molecular weight excluding hydrogens is 571 g/mol. The van der Waals surface area contributed by atoms with Crippen LogP contribution in [0.15, 0.2) is 101 Å². The molecule has 5 aromatic rings. The summed E-state index contributed by atoms with van der Waals surface area (Å²) in [5.41, 5.74) is 4.48. The number of nitrogens with zero attached hydrogens (tertiary/aromatic N) is 1. The van der Waals surface area contributed by atoms with E-state index in [2.05, 4.69) is 0 Å². The average molecular weight is 602 g/mol. The highest BCUT2D eigenvalue weighted by Gasteiger charge is 2.30. The van der Waals surface area contributed by atoms with Crippen LogP contribution < -0.4 is 9.47 Å². The normalized spacial score (nSPS) is 11.4. The highest BCUT2D eigenvalue weighted by molar-refractivity contribution is 5.70. The Hall–Kier alpha value is -5.05. The molecule has 1 N–H and O–H groups in total. The zero-order chi connectivity index (χ0) is 31.1. The summed E-state index contributed by atoms with van der Waals surface area (Å²) in [7, 11) is 0. The molecule has 4 aromatic carbocycles. The molecule has 0 fully saturated rings.